The third-order valence-electron chi connectivity index (χ3n) is 2.97. The van der Waals surface area contributed by atoms with E-state index in [2.05, 4.69) is 46.1 Å². The van der Waals surface area contributed by atoms with Crippen molar-refractivity contribution in [2.45, 2.75) is 20.3 Å². The van der Waals surface area contributed by atoms with Crippen molar-refractivity contribution in [2.24, 2.45) is 5.73 Å². The number of benzene rings is 1. The lowest BCUT2D eigenvalue weighted by molar-refractivity contribution is 0.807. The van der Waals surface area contributed by atoms with Crippen LogP contribution >= 0.6 is 0 Å². The number of aromatic nitrogens is 2. The molecule has 0 aliphatic heterocycles. The van der Waals surface area contributed by atoms with Gasteiger partial charge in [-0.05, 0) is 44.5 Å². The van der Waals surface area contributed by atoms with Gasteiger partial charge in [0.15, 0.2) is 0 Å². The molecule has 0 aliphatic rings. The molecule has 2 N–H and O–H groups in total. The molecule has 1 heterocycles. The van der Waals surface area contributed by atoms with Crippen LogP contribution in [0.5, 0.6) is 0 Å². The summed E-state index contributed by atoms with van der Waals surface area (Å²) in [6.07, 6.45) is 2.53. The Kier molecular flexibility index (Phi) is 4.47. The molecule has 1 aromatic carbocycles. The number of rotatable bonds is 5. The second kappa shape index (κ2) is 6.29. The molecule has 1 aromatic heterocycles. The minimum atomic E-state index is 0.673. The van der Waals surface area contributed by atoms with E-state index < -0.39 is 0 Å². The van der Waals surface area contributed by atoms with Crippen molar-refractivity contribution in [3.05, 3.63) is 47.9 Å². The van der Waals surface area contributed by atoms with Crippen molar-refractivity contribution >= 4 is 11.5 Å². The zero-order valence-electron chi connectivity index (χ0n) is 11.5. The minimum Gasteiger partial charge on any atom is -0.330 e. The highest BCUT2D eigenvalue weighted by atomic mass is 15.2. The Bertz CT molecular complexity index is 494. The van der Waals surface area contributed by atoms with Gasteiger partial charge in [-0.2, -0.15) is 0 Å². The maximum Gasteiger partial charge on any atom is 0.136 e. The Labute approximate surface area is 114 Å². The second-order valence-corrected chi connectivity index (χ2v) is 4.65. The maximum absolute atomic E-state index is 5.63. The van der Waals surface area contributed by atoms with Crippen LogP contribution in [0.3, 0.4) is 0 Å². The molecule has 4 heteroatoms. The Hall–Kier alpha value is -1.94. The fourth-order valence-electron chi connectivity index (χ4n) is 2.01. The van der Waals surface area contributed by atoms with E-state index in [-0.39, 0.29) is 0 Å². The molecule has 100 valence electrons. The van der Waals surface area contributed by atoms with E-state index >= 15 is 0 Å². The van der Waals surface area contributed by atoms with Crippen molar-refractivity contribution in [3.63, 3.8) is 0 Å². The first kappa shape index (κ1) is 13.5. The van der Waals surface area contributed by atoms with E-state index in [1.807, 2.05) is 13.0 Å². The number of nitrogens with zero attached hydrogens (tertiary/aromatic N) is 3. The van der Waals surface area contributed by atoms with Crippen molar-refractivity contribution < 1.29 is 0 Å². The van der Waals surface area contributed by atoms with Crippen molar-refractivity contribution in [1.82, 2.24) is 9.97 Å². The van der Waals surface area contributed by atoms with Crippen LogP contribution < -0.4 is 10.6 Å². The molecule has 0 aliphatic carbocycles. The molecule has 4 nitrogen and oxygen atoms in total. The molecule has 0 saturated heterocycles. The molecule has 0 saturated carbocycles. The molecular formula is C15H20N4. The first-order valence-electron chi connectivity index (χ1n) is 6.53. The van der Waals surface area contributed by atoms with Gasteiger partial charge in [-0.3, -0.25) is 0 Å². The lowest BCUT2D eigenvalue weighted by Gasteiger charge is -2.24. The highest BCUT2D eigenvalue weighted by Crippen LogP contribution is 2.24. The Morgan fingerprint density at radius 2 is 2.00 bits per heavy atom. The fraction of sp³-hybridized carbons (Fsp3) is 0.333. The first-order valence-corrected chi connectivity index (χ1v) is 6.53. The summed E-state index contributed by atoms with van der Waals surface area (Å²) in [5, 5.41) is 0. The summed E-state index contributed by atoms with van der Waals surface area (Å²) in [5.41, 5.74) is 8.98. The van der Waals surface area contributed by atoms with Crippen LogP contribution in [-0.2, 0) is 0 Å². The molecule has 0 radical (unpaired) electrons. The van der Waals surface area contributed by atoms with Crippen LogP contribution in [0, 0.1) is 13.8 Å². The Morgan fingerprint density at radius 1 is 1.16 bits per heavy atom. The van der Waals surface area contributed by atoms with E-state index in [4.69, 9.17) is 5.73 Å². The summed E-state index contributed by atoms with van der Waals surface area (Å²) in [6, 6.07) is 10.4. The number of nitrogens with two attached hydrogens (primary N) is 1. The number of hydrogen-bond donors (Lipinski definition) is 1. The molecule has 0 amide bonds. The van der Waals surface area contributed by atoms with Crippen LogP contribution in [0.4, 0.5) is 11.5 Å². The van der Waals surface area contributed by atoms with Gasteiger partial charge in [0.1, 0.15) is 12.1 Å². The predicted molar refractivity (Wildman–Crippen MR) is 78.6 cm³/mol. The van der Waals surface area contributed by atoms with E-state index in [1.54, 1.807) is 6.33 Å². The van der Waals surface area contributed by atoms with Gasteiger partial charge in [0.25, 0.3) is 0 Å². The SMILES string of the molecule is Cc1cccc(N(CCCN)c2cc(C)ncn2)c1. The number of anilines is 2. The predicted octanol–water partition coefficient (Wildman–Crippen LogP) is 2.58. The Balaban J connectivity index is 2.35. The zero-order chi connectivity index (χ0) is 13.7. The van der Waals surface area contributed by atoms with Crippen molar-refractivity contribution in [2.75, 3.05) is 18.0 Å². The van der Waals surface area contributed by atoms with Gasteiger partial charge in [-0.1, -0.05) is 12.1 Å². The van der Waals surface area contributed by atoms with Crippen molar-refractivity contribution in [3.8, 4) is 0 Å². The molecule has 19 heavy (non-hydrogen) atoms. The molecule has 0 spiro atoms. The zero-order valence-corrected chi connectivity index (χ0v) is 11.5. The lowest BCUT2D eigenvalue weighted by atomic mass is 10.2. The van der Waals surface area contributed by atoms with Crippen LogP contribution in [0.1, 0.15) is 17.7 Å². The molecule has 2 aromatic rings. The van der Waals surface area contributed by atoms with Crippen LogP contribution in [0.2, 0.25) is 0 Å². The molecule has 0 fully saturated rings. The summed E-state index contributed by atoms with van der Waals surface area (Å²) in [4.78, 5) is 10.7. The molecule has 0 bridgehead atoms. The second-order valence-electron chi connectivity index (χ2n) is 4.65. The molecule has 2 rings (SSSR count). The van der Waals surface area contributed by atoms with Gasteiger partial charge in [0.05, 0.1) is 0 Å². The number of aryl methyl sites for hydroxylation is 2. The summed E-state index contributed by atoms with van der Waals surface area (Å²) >= 11 is 0. The largest absolute Gasteiger partial charge is 0.330 e. The van der Waals surface area contributed by atoms with Gasteiger partial charge in [0.2, 0.25) is 0 Å². The Morgan fingerprint density at radius 3 is 2.68 bits per heavy atom. The topological polar surface area (TPSA) is 55.0 Å². The van der Waals surface area contributed by atoms with Crippen LogP contribution in [0.15, 0.2) is 36.7 Å². The standard InChI is InChI=1S/C15H20N4/c1-12-5-3-6-14(9-12)19(8-4-7-16)15-10-13(2)17-11-18-15/h3,5-6,9-11H,4,7-8,16H2,1-2H3. The fourth-order valence-corrected chi connectivity index (χ4v) is 2.01. The van der Waals surface area contributed by atoms with Gasteiger partial charge < -0.3 is 10.6 Å². The third kappa shape index (κ3) is 3.51. The average molecular weight is 256 g/mol. The monoisotopic (exact) mass is 256 g/mol. The van der Waals surface area contributed by atoms with Gasteiger partial charge >= 0.3 is 0 Å². The smallest absolute Gasteiger partial charge is 0.136 e. The summed E-state index contributed by atoms with van der Waals surface area (Å²) in [5.74, 6) is 0.923. The highest BCUT2D eigenvalue weighted by molar-refractivity contribution is 5.60. The third-order valence-corrected chi connectivity index (χ3v) is 2.97. The first-order chi connectivity index (χ1) is 9.20. The van der Waals surface area contributed by atoms with E-state index in [0.29, 0.717) is 6.54 Å². The van der Waals surface area contributed by atoms with E-state index in [1.165, 1.54) is 5.56 Å². The number of hydrogen-bond acceptors (Lipinski definition) is 4. The quantitative estimate of drug-likeness (QED) is 0.893. The van der Waals surface area contributed by atoms with E-state index in [0.717, 1.165) is 30.2 Å². The van der Waals surface area contributed by atoms with Crippen molar-refractivity contribution in [1.29, 1.82) is 0 Å². The molecule has 0 atom stereocenters. The maximum atomic E-state index is 5.63. The van der Waals surface area contributed by atoms with Gasteiger partial charge in [-0.15, -0.1) is 0 Å². The minimum absolute atomic E-state index is 0.673. The van der Waals surface area contributed by atoms with Gasteiger partial charge in [0, 0.05) is 24.0 Å². The normalized spacial score (nSPS) is 10.5. The highest BCUT2D eigenvalue weighted by Gasteiger charge is 2.10. The van der Waals surface area contributed by atoms with E-state index in [9.17, 15) is 0 Å². The van der Waals surface area contributed by atoms with Crippen LogP contribution in [0.25, 0.3) is 0 Å². The lowest BCUT2D eigenvalue weighted by Crippen LogP contribution is -2.22. The van der Waals surface area contributed by atoms with Crippen LogP contribution in [-0.4, -0.2) is 23.1 Å². The van der Waals surface area contributed by atoms with Gasteiger partial charge in [-0.25, -0.2) is 9.97 Å². The summed E-state index contributed by atoms with van der Waals surface area (Å²) in [7, 11) is 0. The average Bonchev–Trinajstić information content (AvgIpc) is 2.39. The molecule has 0 unspecified atom stereocenters. The molecular weight excluding hydrogens is 236 g/mol. The summed E-state index contributed by atoms with van der Waals surface area (Å²) < 4.78 is 0. The summed E-state index contributed by atoms with van der Waals surface area (Å²) in [6.45, 7) is 5.60.